The molecule has 31 heavy (non-hydrogen) atoms. The third kappa shape index (κ3) is 8.01. The molecule has 166 valence electrons. The summed E-state index contributed by atoms with van der Waals surface area (Å²) in [6, 6.07) is 12.2. The van der Waals surface area contributed by atoms with E-state index in [4.69, 9.17) is 19.4 Å². The molecule has 0 saturated heterocycles. The van der Waals surface area contributed by atoms with Crippen molar-refractivity contribution >= 4 is 19.1 Å². The highest BCUT2D eigenvalue weighted by Crippen LogP contribution is 2.13. The Labute approximate surface area is 180 Å². The number of hydrogen-bond donors (Lipinski definition) is 3. The number of rotatable bonds is 11. The quantitative estimate of drug-likeness (QED) is 0.366. The van der Waals surface area contributed by atoms with Crippen LogP contribution in [0.15, 0.2) is 48.5 Å². The van der Waals surface area contributed by atoms with Gasteiger partial charge < -0.3 is 29.7 Å². The molecule has 0 saturated carbocycles. The largest absolute Gasteiger partial charge is 0.635 e. The minimum Gasteiger partial charge on any atom is -0.497 e. The van der Waals surface area contributed by atoms with Gasteiger partial charge in [0.05, 0.1) is 7.11 Å². The first-order valence-corrected chi connectivity index (χ1v) is 9.81. The summed E-state index contributed by atoms with van der Waals surface area (Å²) in [4.78, 5) is 26.6. The molecular formula is C21H26BFN2O6. The average Bonchev–Trinajstić information content (AvgIpc) is 2.75. The maximum Gasteiger partial charge on any atom is 0.635 e. The number of amides is 2. The summed E-state index contributed by atoms with van der Waals surface area (Å²) in [7, 11) is -0.550. The first-order chi connectivity index (χ1) is 14.8. The van der Waals surface area contributed by atoms with Crippen LogP contribution in [-0.2, 0) is 15.9 Å². The third-order valence-electron chi connectivity index (χ3n) is 4.56. The molecule has 2 aromatic rings. The highest BCUT2D eigenvalue weighted by molar-refractivity contribution is 6.32. The number of carbonyl (C=O) groups is 2. The number of nitrogens with zero attached hydrogens (tertiary/aromatic N) is 1. The first kappa shape index (κ1) is 24.3. The minimum atomic E-state index is -2.09. The number of hydrogen-bond acceptors (Lipinski definition) is 6. The Hall–Kier alpha value is -2.95. The Bertz CT molecular complexity index is 848. The molecule has 0 bridgehead atoms. The lowest BCUT2D eigenvalue weighted by molar-refractivity contribution is -0.124. The van der Waals surface area contributed by atoms with Gasteiger partial charge in [-0.2, -0.15) is 0 Å². The molecule has 0 aromatic heterocycles. The molecule has 0 fully saturated rings. The van der Waals surface area contributed by atoms with Crippen LogP contribution >= 0.6 is 0 Å². The molecular weight excluding hydrogens is 406 g/mol. The molecule has 0 radical (unpaired) electrons. The molecule has 2 aromatic carbocycles. The number of carbonyl (C=O) groups excluding carboxylic acids is 2. The summed E-state index contributed by atoms with van der Waals surface area (Å²) in [5.74, 6) is -0.428. The van der Waals surface area contributed by atoms with E-state index in [0.29, 0.717) is 23.4 Å². The van der Waals surface area contributed by atoms with E-state index in [1.165, 1.54) is 36.3 Å². The third-order valence-corrected chi connectivity index (χ3v) is 4.56. The normalized spacial score (nSPS) is 11.5. The van der Waals surface area contributed by atoms with Crippen LogP contribution in [0.3, 0.4) is 0 Å². The molecule has 2 amide bonds. The molecule has 0 aliphatic heterocycles. The predicted molar refractivity (Wildman–Crippen MR) is 112 cm³/mol. The zero-order valence-corrected chi connectivity index (χ0v) is 17.5. The lowest BCUT2D eigenvalue weighted by atomic mass is 10.1. The van der Waals surface area contributed by atoms with Gasteiger partial charge in [0.1, 0.15) is 17.8 Å². The van der Waals surface area contributed by atoms with E-state index in [1.807, 2.05) is 6.92 Å². The minimum absolute atomic E-state index is 0.0134. The number of ether oxygens (including phenoxy) is 1. The summed E-state index contributed by atoms with van der Waals surface area (Å²) in [5, 5.41) is 20.8. The van der Waals surface area contributed by atoms with Crippen molar-refractivity contribution in [2.24, 2.45) is 0 Å². The van der Waals surface area contributed by atoms with Crippen molar-refractivity contribution < 1.29 is 33.4 Å². The van der Waals surface area contributed by atoms with Gasteiger partial charge in [-0.3, -0.25) is 9.59 Å². The number of methoxy groups -OCH3 is 1. The number of halogens is 1. The molecule has 1 atom stereocenters. The van der Waals surface area contributed by atoms with Crippen LogP contribution in [0.5, 0.6) is 5.75 Å². The second-order valence-electron chi connectivity index (χ2n) is 6.71. The first-order valence-electron chi connectivity index (χ1n) is 9.81. The Morgan fingerprint density at radius 1 is 1.13 bits per heavy atom. The second kappa shape index (κ2) is 12.0. The molecule has 8 nitrogen and oxygen atoms in total. The van der Waals surface area contributed by atoms with Crippen molar-refractivity contribution in [3.8, 4) is 5.75 Å². The molecule has 0 heterocycles. The van der Waals surface area contributed by atoms with Crippen LogP contribution in [0.2, 0.25) is 0 Å². The van der Waals surface area contributed by atoms with E-state index < -0.39 is 25.3 Å². The van der Waals surface area contributed by atoms with Gasteiger partial charge in [0, 0.05) is 31.5 Å². The fourth-order valence-electron chi connectivity index (χ4n) is 2.92. The fraction of sp³-hybridized carbons (Fsp3) is 0.333. The smallest absolute Gasteiger partial charge is 0.497 e. The Morgan fingerprint density at radius 2 is 1.77 bits per heavy atom. The zero-order valence-electron chi connectivity index (χ0n) is 17.5. The maximum absolute atomic E-state index is 13.1. The van der Waals surface area contributed by atoms with Crippen LogP contribution in [0.25, 0.3) is 0 Å². The van der Waals surface area contributed by atoms with Gasteiger partial charge in [0.2, 0.25) is 5.91 Å². The lowest BCUT2D eigenvalue weighted by Crippen LogP contribution is -2.43. The maximum atomic E-state index is 13.1. The van der Waals surface area contributed by atoms with Crippen molar-refractivity contribution in [3.63, 3.8) is 0 Å². The molecule has 3 N–H and O–H groups in total. The van der Waals surface area contributed by atoms with E-state index >= 15 is 0 Å². The van der Waals surface area contributed by atoms with Gasteiger partial charge >= 0.3 is 7.32 Å². The van der Waals surface area contributed by atoms with Gasteiger partial charge in [0.25, 0.3) is 5.91 Å². The van der Waals surface area contributed by atoms with Crippen LogP contribution in [0.4, 0.5) is 4.39 Å². The van der Waals surface area contributed by atoms with E-state index in [0.717, 1.165) is 0 Å². The Balaban J connectivity index is 1.93. The van der Waals surface area contributed by atoms with Crippen molar-refractivity contribution in [1.29, 1.82) is 0 Å². The van der Waals surface area contributed by atoms with Crippen molar-refractivity contribution in [3.05, 3.63) is 65.5 Å². The number of nitrogens with one attached hydrogen (secondary N) is 1. The molecule has 10 heteroatoms. The summed E-state index contributed by atoms with van der Waals surface area (Å²) >= 11 is 0. The van der Waals surface area contributed by atoms with E-state index in [-0.39, 0.29) is 25.3 Å². The Kier molecular flexibility index (Phi) is 9.45. The summed E-state index contributed by atoms with van der Waals surface area (Å²) < 4.78 is 23.1. The van der Waals surface area contributed by atoms with Gasteiger partial charge in [0.15, 0.2) is 0 Å². The summed E-state index contributed by atoms with van der Waals surface area (Å²) in [6.07, 6.45) is -0.947. The molecule has 0 spiro atoms. The van der Waals surface area contributed by atoms with Gasteiger partial charge in [-0.25, -0.2) is 4.39 Å². The second-order valence-corrected chi connectivity index (χ2v) is 6.71. The lowest BCUT2D eigenvalue weighted by Gasteiger charge is -2.23. The number of benzene rings is 2. The van der Waals surface area contributed by atoms with Crippen molar-refractivity contribution in [2.75, 3.05) is 20.2 Å². The van der Waals surface area contributed by atoms with Crippen LogP contribution in [0, 0.1) is 5.82 Å². The van der Waals surface area contributed by atoms with Gasteiger partial charge in [-0.1, -0.05) is 12.1 Å². The standard InChI is InChI=1S/C21H26BFN2O6/c1-3-25(21(27)16-6-10-18(30-2)11-7-16)13-12-19(26)24-20(31-22(28)29)14-15-4-8-17(23)9-5-15/h4-11,20,28-29H,3,12-14H2,1-2H3,(H,24,26)/t20-/m1/s1. The van der Waals surface area contributed by atoms with Crippen LogP contribution < -0.4 is 10.1 Å². The van der Waals surface area contributed by atoms with Crippen molar-refractivity contribution in [1.82, 2.24) is 10.2 Å². The molecule has 0 aliphatic rings. The summed E-state index contributed by atoms with van der Waals surface area (Å²) in [5.41, 5.74) is 1.11. The van der Waals surface area contributed by atoms with Crippen LogP contribution in [0.1, 0.15) is 29.3 Å². The van der Waals surface area contributed by atoms with E-state index in [9.17, 15) is 14.0 Å². The zero-order chi connectivity index (χ0) is 22.8. The van der Waals surface area contributed by atoms with E-state index in [1.54, 1.807) is 24.3 Å². The van der Waals surface area contributed by atoms with Crippen molar-refractivity contribution in [2.45, 2.75) is 26.0 Å². The molecule has 0 unspecified atom stereocenters. The predicted octanol–water partition coefficient (Wildman–Crippen LogP) is 1.36. The molecule has 0 aliphatic carbocycles. The van der Waals surface area contributed by atoms with E-state index in [2.05, 4.69) is 5.32 Å². The fourth-order valence-corrected chi connectivity index (χ4v) is 2.92. The Morgan fingerprint density at radius 3 is 2.32 bits per heavy atom. The highest BCUT2D eigenvalue weighted by Gasteiger charge is 2.22. The SMILES string of the molecule is CCN(CCC(=O)N[C@@H](Cc1ccc(F)cc1)OB(O)O)C(=O)c1ccc(OC)cc1. The summed E-state index contributed by atoms with van der Waals surface area (Å²) in [6.45, 7) is 2.38. The average molecular weight is 432 g/mol. The van der Waals surface area contributed by atoms with Crippen LogP contribution in [-0.4, -0.2) is 60.5 Å². The van der Waals surface area contributed by atoms with Gasteiger partial charge in [-0.05, 0) is 48.9 Å². The molecule has 2 rings (SSSR count). The van der Waals surface area contributed by atoms with Gasteiger partial charge in [-0.15, -0.1) is 0 Å². The highest BCUT2D eigenvalue weighted by atomic mass is 19.1. The topological polar surface area (TPSA) is 108 Å². The monoisotopic (exact) mass is 432 g/mol.